The fraction of sp³-hybridized carbons (Fsp3) is 0.333. The molecule has 0 aromatic carbocycles. The summed E-state index contributed by atoms with van der Waals surface area (Å²) in [4.78, 5) is 21.1. The van der Waals surface area contributed by atoms with Crippen LogP contribution in [0.2, 0.25) is 0 Å². The highest BCUT2D eigenvalue weighted by Crippen LogP contribution is 2.24. The minimum atomic E-state index is -1.28. The van der Waals surface area contributed by atoms with E-state index < -0.39 is 18.1 Å². The molecule has 15 heavy (non-hydrogen) atoms. The number of aldehydes is 1. The Kier molecular flexibility index (Phi) is 3.96. The van der Waals surface area contributed by atoms with Crippen LogP contribution in [0.5, 0.6) is 0 Å². The van der Waals surface area contributed by atoms with Crippen LogP contribution in [0.1, 0.15) is 28.4 Å². The summed E-state index contributed by atoms with van der Waals surface area (Å²) in [5.41, 5.74) is 5.52. The first kappa shape index (κ1) is 11.8. The van der Waals surface area contributed by atoms with Crippen LogP contribution in [-0.2, 0) is 4.79 Å². The van der Waals surface area contributed by atoms with Gasteiger partial charge < -0.3 is 15.9 Å². The fourth-order valence-corrected chi connectivity index (χ4v) is 2.01. The Morgan fingerprint density at radius 1 is 1.53 bits per heavy atom. The van der Waals surface area contributed by atoms with Gasteiger partial charge in [0, 0.05) is 16.5 Å². The van der Waals surface area contributed by atoms with Gasteiger partial charge in [0.05, 0.1) is 12.5 Å². The van der Waals surface area contributed by atoms with Gasteiger partial charge in [-0.3, -0.25) is 9.59 Å². The van der Waals surface area contributed by atoms with E-state index >= 15 is 0 Å². The van der Waals surface area contributed by atoms with Gasteiger partial charge in [-0.15, -0.1) is 0 Å². The van der Waals surface area contributed by atoms with E-state index in [1.165, 1.54) is 11.3 Å². The van der Waals surface area contributed by atoms with Crippen molar-refractivity contribution in [2.75, 3.05) is 0 Å². The lowest BCUT2D eigenvalue weighted by atomic mass is 10.0. The Morgan fingerprint density at radius 3 is 2.73 bits per heavy atom. The first-order valence-corrected chi connectivity index (χ1v) is 5.16. The number of hydrogen-bond acceptors (Lipinski definition) is 5. The van der Waals surface area contributed by atoms with Crippen LogP contribution in [0.15, 0.2) is 10.8 Å². The number of amides is 1. The highest BCUT2D eigenvalue weighted by molar-refractivity contribution is 7.08. The van der Waals surface area contributed by atoms with Crippen LogP contribution in [0, 0.1) is 0 Å². The molecule has 2 atom stereocenters. The normalized spacial score (nSPS) is 14.5. The van der Waals surface area contributed by atoms with E-state index in [0.717, 1.165) is 0 Å². The Morgan fingerprint density at radius 2 is 2.20 bits per heavy atom. The molecule has 0 spiro atoms. The molecule has 82 valence electrons. The van der Waals surface area contributed by atoms with E-state index in [2.05, 4.69) is 0 Å². The molecule has 1 aromatic heterocycles. The highest BCUT2D eigenvalue weighted by Gasteiger charge is 2.23. The van der Waals surface area contributed by atoms with Crippen molar-refractivity contribution < 1.29 is 19.8 Å². The molecule has 2 unspecified atom stereocenters. The molecule has 0 saturated heterocycles. The minimum absolute atomic E-state index is 0.316. The molecular formula is C9H11NO4S. The lowest BCUT2D eigenvalue weighted by Crippen LogP contribution is -2.25. The maximum atomic E-state index is 10.6. The summed E-state index contributed by atoms with van der Waals surface area (Å²) in [5, 5.41) is 22.2. The quantitative estimate of drug-likeness (QED) is 0.610. The molecule has 1 heterocycles. The number of aliphatic hydroxyl groups is 2. The zero-order chi connectivity index (χ0) is 11.4. The molecule has 0 aliphatic rings. The van der Waals surface area contributed by atoms with Crippen molar-refractivity contribution in [1.82, 2.24) is 0 Å². The zero-order valence-electron chi connectivity index (χ0n) is 7.79. The summed E-state index contributed by atoms with van der Waals surface area (Å²) < 4.78 is 0. The second kappa shape index (κ2) is 5.01. The molecule has 4 N–H and O–H groups in total. The van der Waals surface area contributed by atoms with Crippen LogP contribution in [-0.4, -0.2) is 28.5 Å². The van der Waals surface area contributed by atoms with Gasteiger partial charge in [0.1, 0.15) is 6.10 Å². The topological polar surface area (TPSA) is 101 Å². The summed E-state index contributed by atoms with van der Waals surface area (Å²) >= 11 is 1.24. The molecule has 0 bridgehead atoms. The third-order valence-electron chi connectivity index (χ3n) is 1.94. The van der Waals surface area contributed by atoms with Crippen molar-refractivity contribution in [3.63, 3.8) is 0 Å². The molecule has 0 radical (unpaired) electrons. The number of rotatable bonds is 5. The van der Waals surface area contributed by atoms with Crippen molar-refractivity contribution in [2.24, 2.45) is 5.73 Å². The summed E-state index contributed by atoms with van der Waals surface area (Å²) in [6.07, 6.45) is -2.29. The molecule has 0 aliphatic heterocycles. The van der Waals surface area contributed by atoms with Crippen LogP contribution in [0.3, 0.4) is 0 Å². The monoisotopic (exact) mass is 229 g/mol. The lowest BCUT2D eigenvalue weighted by molar-refractivity contribution is -0.121. The SMILES string of the molecule is NC(=O)CC(O)C(O)c1cscc1C=O. The van der Waals surface area contributed by atoms with Crippen molar-refractivity contribution in [2.45, 2.75) is 18.6 Å². The highest BCUT2D eigenvalue weighted by atomic mass is 32.1. The van der Waals surface area contributed by atoms with Crippen LogP contribution >= 0.6 is 11.3 Å². The van der Waals surface area contributed by atoms with E-state index in [1.54, 1.807) is 10.8 Å². The first-order chi connectivity index (χ1) is 7.06. The van der Waals surface area contributed by atoms with Crippen LogP contribution in [0.4, 0.5) is 0 Å². The second-order valence-electron chi connectivity index (χ2n) is 3.08. The van der Waals surface area contributed by atoms with Gasteiger partial charge in [-0.05, 0) is 5.38 Å². The van der Waals surface area contributed by atoms with Crippen molar-refractivity contribution >= 4 is 23.5 Å². The van der Waals surface area contributed by atoms with Gasteiger partial charge in [0.2, 0.25) is 5.91 Å². The summed E-state index contributed by atoms with van der Waals surface area (Å²) in [6.45, 7) is 0. The smallest absolute Gasteiger partial charge is 0.220 e. The fourth-order valence-electron chi connectivity index (χ4n) is 1.18. The van der Waals surface area contributed by atoms with E-state index in [1.807, 2.05) is 0 Å². The Balaban J connectivity index is 2.79. The third kappa shape index (κ3) is 2.85. The first-order valence-electron chi connectivity index (χ1n) is 4.22. The molecule has 6 heteroatoms. The van der Waals surface area contributed by atoms with Gasteiger partial charge in [0.15, 0.2) is 6.29 Å². The molecular weight excluding hydrogens is 218 g/mol. The molecule has 0 aliphatic carbocycles. The van der Waals surface area contributed by atoms with Gasteiger partial charge >= 0.3 is 0 Å². The van der Waals surface area contributed by atoms with E-state index in [0.29, 0.717) is 17.4 Å². The average Bonchev–Trinajstić information content (AvgIpc) is 2.62. The number of primary amides is 1. The standard InChI is InChI=1S/C9H11NO4S/c10-8(13)1-7(12)9(14)6-4-15-3-5(6)2-11/h2-4,7,9,12,14H,1H2,(H2,10,13). The molecule has 0 fully saturated rings. The zero-order valence-corrected chi connectivity index (χ0v) is 8.61. The Hall–Kier alpha value is -1.24. The number of carbonyl (C=O) groups is 2. The van der Waals surface area contributed by atoms with Crippen molar-refractivity contribution in [1.29, 1.82) is 0 Å². The number of hydrogen-bond donors (Lipinski definition) is 3. The van der Waals surface area contributed by atoms with E-state index in [4.69, 9.17) is 5.73 Å². The molecule has 0 saturated carbocycles. The average molecular weight is 229 g/mol. The predicted molar refractivity (Wildman–Crippen MR) is 54.5 cm³/mol. The van der Waals surface area contributed by atoms with Gasteiger partial charge in [-0.2, -0.15) is 11.3 Å². The second-order valence-corrected chi connectivity index (χ2v) is 3.83. The molecule has 1 rings (SSSR count). The molecule has 5 nitrogen and oxygen atoms in total. The largest absolute Gasteiger partial charge is 0.390 e. The number of carbonyl (C=O) groups excluding carboxylic acids is 2. The van der Waals surface area contributed by atoms with Crippen LogP contribution < -0.4 is 5.73 Å². The maximum Gasteiger partial charge on any atom is 0.220 e. The lowest BCUT2D eigenvalue weighted by Gasteiger charge is -2.15. The number of thiophene rings is 1. The van der Waals surface area contributed by atoms with Gasteiger partial charge in [-0.25, -0.2) is 0 Å². The molecule has 1 aromatic rings. The summed E-state index contributed by atoms with van der Waals surface area (Å²) in [5.74, 6) is -0.704. The van der Waals surface area contributed by atoms with Gasteiger partial charge in [-0.1, -0.05) is 0 Å². The maximum absolute atomic E-state index is 10.6. The minimum Gasteiger partial charge on any atom is -0.390 e. The third-order valence-corrected chi connectivity index (χ3v) is 2.72. The number of nitrogens with two attached hydrogens (primary N) is 1. The van der Waals surface area contributed by atoms with E-state index in [-0.39, 0.29) is 6.42 Å². The van der Waals surface area contributed by atoms with Crippen molar-refractivity contribution in [3.05, 3.63) is 21.9 Å². The van der Waals surface area contributed by atoms with Crippen LogP contribution in [0.25, 0.3) is 0 Å². The Labute approximate surface area is 90.1 Å². The Bertz CT molecular complexity index is 363. The van der Waals surface area contributed by atoms with Crippen molar-refractivity contribution in [3.8, 4) is 0 Å². The van der Waals surface area contributed by atoms with E-state index in [9.17, 15) is 19.8 Å². The summed E-state index contributed by atoms with van der Waals surface area (Å²) in [6, 6.07) is 0. The summed E-state index contributed by atoms with van der Waals surface area (Å²) in [7, 11) is 0. The molecule has 1 amide bonds. The number of aliphatic hydroxyl groups excluding tert-OH is 2. The van der Waals surface area contributed by atoms with Gasteiger partial charge in [0.25, 0.3) is 0 Å². The predicted octanol–water partition coefficient (Wildman–Crippen LogP) is -0.170.